The summed E-state index contributed by atoms with van der Waals surface area (Å²) in [5.41, 5.74) is 3.75. The molecule has 0 unspecified atom stereocenters. The fourth-order valence-corrected chi connectivity index (χ4v) is 3.62. The van der Waals surface area contributed by atoms with Gasteiger partial charge in [-0.3, -0.25) is 9.59 Å². The molecule has 0 aliphatic rings. The van der Waals surface area contributed by atoms with Gasteiger partial charge < -0.3 is 14.7 Å². The number of likely N-dealkylation sites (N-methyl/N-ethyl adjacent to an activating group) is 1. The monoisotopic (exact) mass is 375 g/mol. The lowest BCUT2D eigenvalue weighted by atomic mass is 10.1. The van der Waals surface area contributed by atoms with Crippen molar-refractivity contribution in [2.75, 3.05) is 24.7 Å². The molecule has 0 radical (unpaired) electrons. The van der Waals surface area contributed by atoms with Gasteiger partial charge in [-0.2, -0.15) is 0 Å². The number of anilines is 1. The highest BCUT2D eigenvalue weighted by Crippen LogP contribution is 2.19. The smallest absolute Gasteiger partial charge is 0.243 e. The van der Waals surface area contributed by atoms with Crippen LogP contribution in [-0.2, 0) is 21.8 Å². The highest BCUT2D eigenvalue weighted by atomic mass is 32.2. The molecule has 0 fully saturated rings. The largest absolute Gasteiger partial charge is 0.361 e. The number of nitrogens with one attached hydrogen (secondary N) is 1. The van der Waals surface area contributed by atoms with Crippen LogP contribution in [0.1, 0.15) is 29.5 Å². The Hall–Kier alpha value is -2.28. The van der Waals surface area contributed by atoms with Gasteiger partial charge in [0.05, 0.1) is 18.0 Å². The van der Waals surface area contributed by atoms with E-state index >= 15 is 0 Å². The quantitative estimate of drug-likeness (QED) is 0.767. The van der Waals surface area contributed by atoms with E-state index in [0.717, 1.165) is 34.7 Å². The Labute approximate surface area is 158 Å². The topological polar surface area (TPSA) is 75.4 Å². The Morgan fingerprint density at radius 1 is 1.27 bits per heavy atom. The van der Waals surface area contributed by atoms with Gasteiger partial charge in [-0.1, -0.05) is 30.3 Å². The molecule has 2 aromatic rings. The Kier molecular flexibility index (Phi) is 7.26. The second-order valence-corrected chi connectivity index (χ2v) is 7.09. The van der Waals surface area contributed by atoms with Gasteiger partial charge in [0, 0.05) is 24.1 Å². The van der Waals surface area contributed by atoms with E-state index in [1.54, 1.807) is 7.05 Å². The molecule has 0 bridgehead atoms. The van der Waals surface area contributed by atoms with E-state index in [0.29, 0.717) is 11.5 Å². The number of aryl methyl sites for hydroxylation is 3. The first-order valence-electron chi connectivity index (χ1n) is 8.53. The molecular formula is C19H25N3O3S. The lowest BCUT2D eigenvalue weighted by Gasteiger charge is -2.17. The summed E-state index contributed by atoms with van der Waals surface area (Å²) in [7, 11) is 1.64. The van der Waals surface area contributed by atoms with Crippen LogP contribution in [-0.4, -0.2) is 41.2 Å². The maximum Gasteiger partial charge on any atom is 0.243 e. The van der Waals surface area contributed by atoms with Crippen molar-refractivity contribution in [1.82, 2.24) is 10.1 Å². The zero-order valence-corrected chi connectivity index (χ0v) is 16.5. The van der Waals surface area contributed by atoms with Crippen molar-refractivity contribution in [2.45, 2.75) is 32.9 Å². The van der Waals surface area contributed by atoms with Gasteiger partial charge in [0.1, 0.15) is 5.76 Å². The summed E-state index contributed by atoms with van der Waals surface area (Å²) < 4.78 is 5.12. The van der Waals surface area contributed by atoms with Crippen LogP contribution in [0.25, 0.3) is 0 Å². The molecule has 1 aromatic carbocycles. The van der Waals surface area contributed by atoms with Crippen LogP contribution in [0.3, 0.4) is 0 Å². The van der Waals surface area contributed by atoms with Crippen LogP contribution in [0.5, 0.6) is 0 Å². The predicted molar refractivity (Wildman–Crippen MR) is 104 cm³/mol. The number of hydrogen-bond acceptors (Lipinski definition) is 5. The molecule has 7 heteroatoms. The number of aromatic nitrogens is 1. The normalized spacial score (nSPS) is 10.6. The van der Waals surface area contributed by atoms with Crippen molar-refractivity contribution < 1.29 is 14.1 Å². The predicted octanol–water partition coefficient (Wildman–Crippen LogP) is 3.18. The molecule has 26 heavy (non-hydrogen) atoms. The van der Waals surface area contributed by atoms with Crippen molar-refractivity contribution in [3.63, 3.8) is 0 Å². The Balaban J connectivity index is 1.80. The van der Waals surface area contributed by atoms with E-state index in [2.05, 4.69) is 10.5 Å². The highest BCUT2D eigenvalue weighted by Gasteiger charge is 2.15. The molecule has 2 amide bonds. The van der Waals surface area contributed by atoms with Crippen LogP contribution < -0.4 is 5.32 Å². The first-order valence-corrected chi connectivity index (χ1v) is 9.69. The van der Waals surface area contributed by atoms with E-state index in [1.165, 1.54) is 16.7 Å². The molecule has 0 aliphatic carbocycles. The van der Waals surface area contributed by atoms with Gasteiger partial charge in [-0.25, -0.2) is 0 Å². The number of carbonyl (C=O) groups excluding carboxylic acids is 2. The summed E-state index contributed by atoms with van der Waals surface area (Å²) in [6, 6.07) is 7.68. The average molecular weight is 375 g/mol. The highest BCUT2D eigenvalue weighted by molar-refractivity contribution is 7.99. The lowest BCUT2D eigenvalue weighted by Crippen LogP contribution is -2.36. The molecule has 2 rings (SSSR count). The molecule has 1 heterocycles. The van der Waals surface area contributed by atoms with E-state index < -0.39 is 0 Å². The number of hydrogen-bond donors (Lipinski definition) is 1. The SMILES string of the molecule is CCc1ccccc1NC(=O)CN(C)C(=O)CSCc1c(C)noc1C. The van der Waals surface area contributed by atoms with Crippen LogP contribution in [0.4, 0.5) is 5.69 Å². The minimum Gasteiger partial charge on any atom is -0.361 e. The second-order valence-electron chi connectivity index (χ2n) is 6.10. The Morgan fingerprint density at radius 3 is 2.65 bits per heavy atom. The fourth-order valence-electron chi connectivity index (χ4n) is 2.50. The number of nitrogens with zero attached hydrogens (tertiary/aromatic N) is 2. The number of rotatable bonds is 8. The number of carbonyl (C=O) groups is 2. The fraction of sp³-hybridized carbons (Fsp3) is 0.421. The van der Waals surface area contributed by atoms with Crippen molar-refractivity contribution >= 4 is 29.3 Å². The summed E-state index contributed by atoms with van der Waals surface area (Å²) in [5.74, 6) is 1.47. The third-order valence-electron chi connectivity index (χ3n) is 4.13. The van der Waals surface area contributed by atoms with Crippen molar-refractivity contribution in [3.8, 4) is 0 Å². The van der Waals surface area contributed by atoms with E-state index in [-0.39, 0.29) is 18.4 Å². The molecule has 6 nitrogen and oxygen atoms in total. The number of thioether (sulfide) groups is 1. The van der Waals surface area contributed by atoms with E-state index in [1.807, 2.05) is 45.0 Å². The summed E-state index contributed by atoms with van der Waals surface area (Å²) >= 11 is 1.49. The number of benzene rings is 1. The lowest BCUT2D eigenvalue weighted by molar-refractivity contribution is -0.131. The molecule has 0 saturated carbocycles. The van der Waals surface area contributed by atoms with Crippen LogP contribution in [0.2, 0.25) is 0 Å². The third-order valence-corrected chi connectivity index (χ3v) is 5.08. The zero-order chi connectivity index (χ0) is 19.1. The number of para-hydroxylation sites is 1. The summed E-state index contributed by atoms with van der Waals surface area (Å²) in [4.78, 5) is 25.9. The van der Waals surface area contributed by atoms with Crippen LogP contribution in [0, 0.1) is 13.8 Å². The molecule has 1 N–H and O–H groups in total. The van der Waals surface area contributed by atoms with Crippen molar-refractivity contribution in [2.24, 2.45) is 0 Å². The minimum absolute atomic E-state index is 0.0305. The van der Waals surface area contributed by atoms with Gasteiger partial charge in [0.15, 0.2) is 0 Å². The average Bonchev–Trinajstić information content (AvgIpc) is 2.93. The first kappa shape index (κ1) is 20.0. The first-order chi connectivity index (χ1) is 12.4. The van der Waals surface area contributed by atoms with Gasteiger partial charge in [-0.15, -0.1) is 11.8 Å². The molecule has 0 aliphatic heterocycles. The summed E-state index contributed by atoms with van der Waals surface area (Å²) in [6.45, 7) is 5.82. The summed E-state index contributed by atoms with van der Waals surface area (Å²) in [6.07, 6.45) is 0.837. The van der Waals surface area contributed by atoms with Crippen LogP contribution in [0.15, 0.2) is 28.8 Å². The van der Waals surface area contributed by atoms with Gasteiger partial charge in [0.25, 0.3) is 0 Å². The third kappa shape index (κ3) is 5.36. The van der Waals surface area contributed by atoms with Gasteiger partial charge in [-0.05, 0) is 31.9 Å². The standard InChI is InChI=1S/C19H25N3O3S/c1-5-15-8-6-7-9-17(15)20-18(23)10-22(4)19(24)12-26-11-16-13(2)21-25-14(16)3/h6-9H,5,10-12H2,1-4H3,(H,20,23). The van der Waals surface area contributed by atoms with Crippen molar-refractivity contribution in [3.05, 3.63) is 46.8 Å². The van der Waals surface area contributed by atoms with Gasteiger partial charge in [0.2, 0.25) is 11.8 Å². The van der Waals surface area contributed by atoms with E-state index in [4.69, 9.17) is 4.52 Å². The van der Waals surface area contributed by atoms with E-state index in [9.17, 15) is 9.59 Å². The molecule has 0 saturated heterocycles. The summed E-state index contributed by atoms with van der Waals surface area (Å²) in [5, 5.41) is 6.79. The molecule has 0 spiro atoms. The molecule has 140 valence electrons. The van der Waals surface area contributed by atoms with Crippen LogP contribution >= 0.6 is 11.8 Å². The van der Waals surface area contributed by atoms with Gasteiger partial charge >= 0.3 is 0 Å². The minimum atomic E-state index is -0.197. The number of amides is 2. The Bertz CT molecular complexity index is 754. The maximum atomic E-state index is 12.2. The molecule has 0 atom stereocenters. The second kappa shape index (κ2) is 9.43. The Morgan fingerprint density at radius 2 is 2.00 bits per heavy atom. The molecule has 1 aromatic heterocycles. The molecular weight excluding hydrogens is 350 g/mol. The van der Waals surface area contributed by atoms with Crippen molar-refractivity contribution in [1.29, 1.82) is 0 Å². The maximum absolute atomic E-state index is 12.2. The zero-order valence-electron chi connectivity index (χ0n) is 15.7.